The van der Waals surface area contributed by atoms with Gasteiger partial charge < -0.3 is 14.7 Å². The number of piperidine rings is 1. The van der Waals surface area contributed by atoms with Gasteiger partial charge in [0.05, 0.1) is 25.0 Å². The Hall–Kier alpha value is -1.40. The fourth-order valence-corrected chi connectivity index (χ4v) is 2.75. The number of rotatable bonds is 6. The molecule has 2 heterocycles. The van der Waals surface area contributed by atoms with Crippen LogP contribution in [0.1, 0.15) is 30.7 Å². The van der Waals surface area contributed by atoms with E-state index in [1.54, 1.807) is 0 Å². The molecule has 1 aromatic rings. The fraction of sp³-hybridized carbons (Fsp3) is 0.733. The second-order valence-electron chi connectivity index (χ2n) is 5.57. The van der Waals surface area contributed by atoms with Crippen molar-refractivity contribution >= 4 is 5.91 Å². The summed E-state index contributed by atoms with van der Waals surface area (Å²) in [6, 6.07) is 2.02. The van der Waals surface area contributed by atoms with Gasteiger partial charge in [-0.15, -0.1) is 0 Å². The summed E-state index contributed by atoms with van der Waals surface area (Å²) in [5.41, 5.74) is 2.08. The Morgan fingerprint density at radius 1 is 1.43 bits per heavy atom. The molecule has 1 saturated heterocycles. The Balaban J connectivity index is 1.73. The van der Waals surface area contributed by atoms with E-state index in [9.17, 15) is 4.79 Å². The molecule has 0 aromatic carbocycles. The molecule has 1 aliphatic rings. The molecule has 0 bridgehead atoms. The number of amides is 1. The number of aromatic nitrogens is 2. The third-order valence-corrected chi connectivity index (χ3v) is 3.88. The topological polar surface area (TPSA) is 67.6 Å². The summed E-state index contributed by atoms with van der Waals surface area (Å²) < 4.78 is 7.40. The van der Waals surface area contributed by atoms with Gasteiger partial charge in [-0.05, 0) is 32.8 Å². The van der Waals surface area contributed by atoms with Crippen LogP contribution in [0, 0.1) is 13.8 Å². The number of aliphatic hydroxyl groups excluding tert-OH is 1. The lowest BCUT2D eigenvalue weighted by Crippen LogP contribution is -2.41. The SMILES string of the molecule is Cc1cc(C)n(CCC(=O)N2CCC(OCCO)CC2)n1. The number of nitrogens with zero attached hydrogens (tertiary/aromatic N) is 3. The summed E-state index contributed by atoms with van der Waals surface area (Å²) in [4.78, 5) is 14.1. The lowest BCUT2D eigenvalue weighted by molar-refractivity contribution is -0.134. The Morgan fingerprint density at radius 2 is 2.14 bits per heavy atom. The molecule has 1 fully saturated rings. The number of carbonyl (C=O) groups is 1. The van der Waals surface area contributed by atoms with Gasteiger partial charge in [0.25, 0.3) is 0 Å². The molecule has 0 atom stereocenters. The summed E-state index contributed by atoms with van der Waals surface area (Å²) in [6.07, 6.45) is 2.37. The highest BCUT2D eigenvalue weighted by Gasteiger charge is 2.22. The number of hydrogen-bond donors (Lipinski definition) is 1. The number of ether oxygens (including phenoxy) is 1. The van der Waals surface area contributed by atoms with E-state index in [2.05, 4.69) is 5.10 Å². The van der Waals surface area contributed by atoms with Crippen molar-refractivity contribution in [3.05, 3.63) is 17.5 Å². The van der Waals surface area contributed by atoms with Crippen molar-refractivity contribution in [3.8, 4) is 0 Å². The predicted molar refractivity (Wildman–Crippen MR) is 79.0 cm³/mol. The minimum absolute atomic E-state index is 0.0573. The summed E-state index contributed by atoms with van der Waals surface area (Å²) in [5, 5.41) is 13.1. The molecule has 1 amide bonds. The third kappa shape index (κ3) is 4.54. The van der Waals surface area contributed by atoms with E-state index >= 15 is 0 Å². The highest BCUT2D eigenvalue weighted by molar-refractivity contribution is 5.76. The van der Waals surface area contributed by atoms with Gasteiger partial charge >= 0.3 is 0 Å². The zero-order chi connectivity index (χ0) is 15.2. The second-order valence-corrected chi connectivity index (χ2v) is 5.57. The average Bonchev–Trinajstić information content (AvgIpc) is 2.81. The molecule has 0 radical (unpaired) electrons. The molecule has 1 aliphatic heterocycles. The summed E-state index contributed by atoms with van der Waals surface area (Å²) in [6.45, 7) is 6.53. The molecule has 6 nitrogen and oxygen atoms in total. The zero-order valence-corrected chi connectivity index (χ0v) is 12.9. The minimum atomic E-state index is 0.0573. The van der Waals surface area contributed by atoms with Gasteiger partial charge in [0, 0.05) is 31.7 Å². The summed E-state index contributed by atoms with van der Waals surface area (Å²) in [5.74, 6) is 0.183. The van der Waals surface area contributed by atoms with Crippen molar-refractivity contribution in [2.24, 2.45) is 0 Å². The van der Waals surface area contributed by atoms with Gasteiger partial charge in [-0.25, -0.2) is 0 Å². The van der Waals surface area contributed by atoms with E-state index in [4.69, 9.17) is 9.84 Å². The van der Waals surface area contributed by atoms with E-state index in [0.717, 1.165) is 37.3 Å². The molecule has 21 heavy (non-hydrogen) atoms. The van der Waals surface area contributed by atoms with Gasteiger partial charge in [0.15, 0.2) is 0 Å². The van der Waals surface area contributed by atoms with E-state index in [1.807, 2.05) is 29.5 Å². The molecule has 0 unspecified atom stereocenters. The molecule has 0 aliphatic carbocycles. The van der Waals surface area contributed by atoms with Crippen LogP contribution in [0.25, 0.3) is 0 Å². The van der Waals surface area contributed by atoms with Crippen molar-refractivity contribution < 1.29 is 14.6 Å². The lowest BCUT2D eigenvalue weighted by atomic mass is 10.1. The first-order valence-electron chi connectivity index (χ1n) is 7.61. The lowest BCUT2D eigenvalue weighted by Gasteiger charge is -2.32. The quantitative estimate of drug-likeness (QED) is 0.846. The van der Waals surface area contributed by atoms with Crippen LogP contribution in [0.15, 0.2) is 6.07 Å². The van der Waals surface area contributed by atoms with Crippen LogP contribution in [-0.4, -0.2) is 58.1 Å². The molecule has 0 spiro atoms. The van der Waals surface area contributed by atoms with Crippen LogP contribution >= 0.6 is 0 Å². The molecule has 1 N–H and O–H groups in total. The third-order valence-electron chi connectivity index (χ3n) is 3.88. The summed E-state index contributed by atoms with van der Waals surface area (Å²) >= 11 is 0. The number of hydrogen-bond acceptors (Lipinski definition) is 4. The Labute approximate surface area is 125 Å². The van der Waals surface area contributed by atoms with Crippen molar-refractivity contribution in [2.45, 2.75) is 45.8 Å². The predicted octanol–water partition coefficient (Wildman–Crippen LogP) is 0.890. The van der Waals surface area contributed by atoms with Crippen LogP contribution < -0.4 is 0 Å². The first-order chi connectivity index (χ1) is 10.1. The average molecular weight is 295 g/mol. The van der Waals surface area contributed by atoms with Gasteiger partial charge in [-0.1, -0.05) is 0 Å². The van der Waals surface area contributed by atoms with Crippen LogP contribution in [0.2, 0.25) is 0 Å². The molecular formula is C15H25N3O3. The van der Waals surface area contributed by atoms with E-state index in [1.165, 1.54) is 0 Å². The second kappa shape index (κ2) is 7.56. The smallest absolute Gasteiger partial charge is 0.224 e. The first kappa shape index (κ1) is 16.0. The minimum Gasteiger partial charge on any atom is -0.394 e. The molecular weight excluding hydrogens is 270 g/mol. The maximum absolute atomic E-state index is 12.2. The maximum atomic E-state index is 12.2. The largest absolute Gasteiger partial charge is 0.394 e. The normalized spacial score (nSPS) is 16.4. The number of carbonyl (C=O) groups excluding carboxylic acids is 1. The molecule has 2 rings (SSSR count). The Kier molecular flexibility index (Phi) is 5.76. The Morgan fingerprint density at radius 3 is 2.71 bits per heavy atom. The van der Waals surface area contributed by atoms with E-state index in [0.29, 0.717) is 19.6 Å². The monoisotopic (exact) mass is 295 g/mol. The van der Waals surface area contributed by atoms with Crippen molar-refractivity contribution in [3.63, 3.8) is 0 Å². The molecule has 6 heteroatoms. The first-order valence-corrected chi connectivity index (χ1v) is 7.61. The van der Waals surface area contributed by atoms with Crippen LogP contribution in [-0.2, 0) is 16.1 Å². The van der Waals surface area contributed by atoms with Gasteiger partial charge in [-0.3, -0.25) is 9.48 Å². The standard InChI is InChI=1S/C15H25N3O3/c1-12-11-13(2)18(16-12)8-5-15(20)17-6-3-14(4-7-17)21-10-9-19/h11,14,19H,3-10H2,1-2H3. The summed E-state index contributed by atoms with van der Waals surface area (Å²) in [7, 11) is 0. The highest BCUT2D eigenvalue weighted by Crippen LogP contribution is 2.15. The van der Waals surface area contributed by atoms with Gasteiger partial charge in [-0.2, -0.15) is 5.10 Å². The molecule has 1 aromatic heterocycles. The van der Waals surface area contributed by atoms with E-state index in [-0.39, 0.29) is 18.6 Å². The number of aryl methyl sites for hydroxylation is 3. The highest BCUT2D eigenvalue weighted by atomic mass is 16.5. The van der Waals surface area contributed by atoms with Gasteiger partial charge in [0.1, 0.15) is 0 Å². The van der Waals surface area contributed by atoms with Crippen LogP contribution in [0.3, 0.4) is 0 Å². The fourth-order valence-electron chi connectivity index (χ4n) is 2.75. The van der Waals surface area contributed by atoms with E-state index < -0.39 is 0 Å². The van der Waals surface area contributed by atoms with Crippen molar-refractivity contribution in [2.75, 3.05) is 26.3 Å². The van der Waals surface area contributed by atoms with Crippen molar-refractivity contribution in [1.29, 1.82) is 0 Å². The maximum Gasteiger partial charge on any atom is 0.224 e. The molecule has 118 valence electrons. The van der Waals surface area contributed by atoms with Crippen LogP contribution in [0.4, 0.5) is 0 Å². The Bertz CT molecular complexity index is 465. The number of aliphatic hydroxyl groups is 1. The molecule has 0 saturated carbocycles. The van der Waals surface area contributed by atoms with Gasteiger partial charge in [0.2, 0.25) is 5.91 Å². The zero-order valence-electron chi connectivity index (χ0n) is 12.9. The number of likely N-dealkylation sites (tertiary alicyclic amines) is 1. The van der Waals surface area contributed by atoms with Crippen LogP contribution in [0.5, 0.6) is 0 Å². The van der Waals surface area contributed by atoms with Crippen molar-refractivity contribution in [1.82, 2.24) is 14.7 Å².